The molecule has 0 aliphatic rings. The van der Waals surface area contributed by atoms with E-state index in [9.17, 15) is 4.79 Å². The molecule has 1 N–H and O–H groups in total. The number of aliphatic hydroxyl groups is 1. The summed E-state index contributed by atoms with van der Waals surface area (Å²) in [6.45, 7) is 4.35. The van der Waals surface area contributed by atoms with Gasteiger partial charge in [-0.25, -0.2) is 0 Å². The molecule has 0 aliphatic carbocycles. The van der Waals surface area contributed by atoms with E-state index in [4.69, 9.17) is 10.4 Å². The van der Waals surface area contributed by atoms with Crippen molar-refractivity contribution in [3.05, 3.63) is 21.9 Å². The van der Waals surface area contributed by atoms with E-state index in [0.29, 0.717) is 24.9 Å². The molecule has 0 saturated carbocycles. The average Bonchev–Trinajstić information content (AvgIpc) is 2.87. The highest BCUT2D eigenvalue weighted by molar-refractivity contribution is 7.10. The van der Waals surface area contributed by atoms with Gasteiger partial charge in [-0.3, -0.25) is 4.79 Å². The van der Waals surface area contributed by atoms with Gasteiger partial charge in [-0.2, -0.15) is 5.26 Å². The van der Waals surface area contributed by atoms with Crippen LogP contribution in [0.3, 0.4) is 0 Å². The van der Waals surface area contributed by atoms with Gasteiger partial charge in [0, 0.05) is 24.4 Å². The highest BCUT2D eigenvalue weighted by atomic mass is 32.1. The Kier molecular flexibility index (Phi) is 6.79. The molecule has 1 heterocycles. The van der Waals surface area contributed by atoms with E-state index in [1.54, 1.807) is 16.3 Å². The van der Waals surface area contributed by atoms with E-state index in [0.717, 1.165) is 4.88 Å². The van der Waals surface area contributed by atoms with Crippen molar-refractivity contribution in [1.82, 2.24) is 4.90 Å². The van der Waals surface area contributed by atoms with Crippen LogP contribution in [0.1, 0.15) is 41.9 Å². The van der Waals surface area contributed by atoms with Crippen LogP contribution in [-0.2, 0) is 0 Å². The van der Waals surface area contributed by atoms with Gasteiger partial charge in [0.15, 0.2) is 0 Å². The summed E-state index contributed by atoms with van der Waals surface area (Å²) in [4.78, 5) is 14.9. The predicted molar refractivity (Wildman–Crippen MR) is 79.3 cm³/mol. The zero-order valence-corrected chi connectivity index (χ0v) is 12.5. The fourth-order valence-electron chi connectivity index (χ4n) is 1.65. The first-order valence-electron chi connectivity index (χ1n) is 6.46. The number of rotatable bonds is 5. The SMILES string of the molecule is CC(C)N(CCC#N)C(=O)c1csc(C#CCCO)c1. The molecule has 5 heteroatoms. The Hall–Kier alpha value is -1.82. The number of carbonyl (C=O) groups is 1. The molecule has 1 aromatic heterocycles. The van der Waals surface area contributed by atoms with Crippen molar-refractivity contribution in [2.24, 2.45) is 0 Å². The van der Waals surface area contributed by atoms with E-state index >= 15 is 0 Å². The van der Waals surface area contributed by atoms with Gasteiger partial charge in [0.05, 0.1) is 29.5 Å². The third kappa shape index (κ3) is 4.70. The Morgan fingerprint density at radius 3 is 2.85 bits per heavy atom. The lowest BCUT2D eigenvalue weighted by Crippen LogP contribution is -2.37. The molecule has 0 spiro atoms. The molecule has 0 radical (unpaired) electrons. The number of thiophene rings is 1. The van der Waals surface area contributed by atoms with Crippen LogP contribution in [0, 0.1) is 23.2 Å². The van der Waals surface area contributed by atoms with Gasteiger partial charge in [-0.05, 0) is 19.9 Å². The molecule has 0 aliphatic heterocycles. The van der Waals surface area contributed by atoms with Crippen LogP contribution >= 0.6 is 11.3 Å². The average molecular weight is 290 g/mol. The number of aliphatic hydroxyl groups excluding tert-OH is 1. The third-order valence-electron chi connectivity index (χ3n) is 2.64. The Morgan fingerprint density at radius 2 is 2.25 bits per heavy atom. The van der Waals surface area contributed by atoms with Crippen LogP contribution in [0.15, 0.2) is 11.4 Å². The third-order valence-corrected chi connectivity index (χ3v) is 3.49. The molecule has 1 rings (SSSR count). The lowest BCUT2D eigenvalue weighted by atomic mass is 10.2. The number of carbonyl (C=O) groups excluding carboxylic acids is 1. The summed E-state index contributed by atoms with van der Waals surface area (Å²) in [7, 11) is 0. The number of nitriles is 1. The van der Waals surface area contributed by atoms with Crippen LogP contribution in [0.4, 0.5) is 0 Å². The minimum absolute atomic E-state index is 0.0411. The fraction of sp³-hybridized carbons (Fsp3) is 0.467. The minimum atomic E-state index is -0.0679. The van der Waals surface area contributed by atoms with Crippen molar-refractivity contribution >= 4 is 17.2 Å². The molecule has 1 aromatic rings. The Labute approximate surface area is 123 Å². The Bertz CT molecular complexity index is 546. The van der Waals surface area contributed by atoms with Crippen molar-refractivity contribution in [2.45, 2.75) is 32.7 Å². The molecule has 0 atom stereocenters. The molecular weight excluding hydrogens is 272 g/mol. The Morgan fingerprint density at radius 1 is 1.50 bits per heavy atom. The molecular formula is C15H18N2O2S. The monoisotopic (exact) mass is 290 g/mol. The van der Waals surface area contributed by atoms with Crippen molar-refractivity contribution in [1.29, 1.82) is 5.26 Å². The van der Waals surface area contributed by atoms with Crippen LogP contribution in [0.5, 0.6) is 0 Å². The highest BCUT2D eigenvalue weighted by Gasteiger charge is 2.19. The normalized spacial score (nSPS) is 9.75. The maximum Gasteiger partial charge on any atom is 0.255 e. The van der Waals surface area contributed by atoms with E-state index < -0.39 is 0 Å². The predicted octanol–water partition coefficient (Wildman–Crippen LogP) is 2.25. The first-order valence-corrected chi connectivity index (χ1v) is 7.34. The summed E-state index contributed by atoms with van der Waals surface area (Å²) in [5.74, 6) is 5.68. The number of nitrogens with zero attached hydrogens (tertiary/aromatic N) is 2. The zero-order chi connectivity index (χ0) is 15.0. The second-order valence-electron chi connectivity index (χ2n) is 4.48. The lowest BCUT2D eigenvalue weighted by Gasteiger charge is -2.25. The summed E-state index contributed by atoms with van der Waals surface area (Å²) in [5, 5.41) is 19.1. The second kappa shape index (κ2) is 8.37. The van der Waals surface area contributed by atoms with E-state index in [1.807, 2.05) is 13.8 Å². The van der Waals surface area contributed by atoms with Crippen molar-refractivity contribution in [2.75, 3.05) is 13.2 Å². The van der Waals surface area contributed by atoms with Crippen molar-refractivity contribution in [3.63, 3.8) is 0 Å². The smallest absolute Gasteiger partial charge is 0.255 e. The van der Waals surface area contributed by atoms with E-state index in [-0.39, 0.29) is 18.6 Å². The van der Waals surface area contributed by atoms with Gasteiger partial charge >= 0.3 is 0 Å². The molecule has 20 heavy (non-hydrogen) atoms. The van der Waals surface area contributed by atoms with Gasteiger partial charge in [-0.1, -0.05) is 11.8 Å². The largest absolute Gasteiger partial charge is 0.395 e. The first kappa shape index (κ1) is 16.2. The Balaban J connectivity index is 2.81. The minimum Gasteiger partial charge on any atom is -0.395 e. The maximum absolute atomic E-state index is 12.4. The summed E-state index contributed by atoms with van der Waals surface area (Å²) >= 11 is 1.41. The van der Waals surface area contributed by atoms with Gasteiger partial charge < -0.3 is 10.0 Å². The van der Waals surface area contributed by atoms with Gasteiger partial charge in [0.2, 0.25) is 0 Å². The zero-order valence-electron chi connectivity index (χ0n) is 11.7. The molecule has 106 valence electrons. The molecule has 0 fully saturated rings. The van der Waals surface area contributed by atoms with Crippen LogP contribution in [0.2, 0.25) is 0 Å². The summed E-state index contributed by atoms with van der Waals surface area (Å²) in [6.07, 6.45) is 0.763. The van der Waals surface area contributed by atoms with Gasteiger partial charge in [0.25, 0.3) is 5.91 Å². The maximum atomic E-state index is 12.4. The van der Waals surface area contributed by atoms with Gasteiger partial charge in [0.1, 0.15) is 0 Å². The number of amides is 1. The topological polar surface area (TPSA) is 64.3 Å². The molecule has 0 unspecified atom stereocenters. The molecule has 0 saturated heterocycles. The standard InChI is InChI=1S/C15H18N2O2S/c1-12(2)17(8-5-7-16)15(19)13-10-14(20-11-13)6-3-4-9-18/h10-12,18H,4-5,8-9H2,1-2H3. The van der Waals surface area contributed by atoms with E-state index in [2.05, 4.69) is 17.9 Å². The molecule has 0 bridgehead atoms. The lowest BCUT2D eigenvalue weighted by molar-refractivity contribution is 0.0711. The van der Waals surface area contributed by atoms with E-state index in [1.165, 1.54) is 11.3 Å². The highest BCUT2D eigenvalue weighted by Crippen LogP contribution is 2.17. The summed E-state index contributed by atoms with van der Waals surface area (Å²) in [5.41, 5.74) is 0.606. The number of hydrogen-bond donors (Lipinski definition) is 1. The quantitative estimate of drug-likeness (QED) is 0.846. The molecule has 0 aromatic carbocycles. The van der Waals surface area contributed by atoms with Crippen LogP contribution in [-0.4, -0.2) is 35.1 Å². The van der Waals surface area contributed by atoms with Crippen molar-refractivity contribution in [3.8, 4) is 17.9 Å². The van der Waals surface area contributed by atoms with Crippen LogP contribution in [0.25, 0.3) is 0 Å². The second-order valence-corrected chi connectivity index (χ2v) is 5.39. The fourth-order valence-corrected chi connectivity index (χ4v) is 2.40. The summed E-state index contributed by atoms with van der Waals surface area (Å²) in [6, 6.07) is 3.88. The van der Waals surface area contributed by atoms with Crippen molar-refractivity contribution < 1.29 is 9.90 Å². The van der Waals surface area contributed by atoms with Crippen LogP contribution < -0.4 is 0 Å². The molecule has 1 amide bonds. The number of hydrogen-bond acceptors (Lipinski definition) is 4. The summed E-state index contributed by atoms with van der Waals surface area (Å²) < 4.78 is 0. The first-order chi connectivity index (χ1) is 9.60. The molecule has 4 nitrogen and oxygen atoms in total. The van der Waals surface area contributed by atoms with Gasteiger partial charge in [-0.15, -0.1) is 11.3 Å².